The van der Waals surface area contributed by atoms with E-state index in [1.54, 1.807) is 4.90 Å². The van der Waals surface area contributed by atoms with E-state index in [0.29, 0.717) is 44.2 Å². The van der Waals surface area contributed by atoms with Gasteiger partial charge in [-0.1, -0.05) is 18.5 Å². The smallest absolute Gasteiger partial charge is 0.256 e. The van der Waals surface area contributed by atoms with Gasteiger partial charge in [0.2, 0.25) is 0 Å². The van der Waals surface area contributed by atoms with E-state index in [9.17, 15) is 14.3 Å². The number of amides is 1. The van der Waals surface area contributed by atoms with E-state index < -0.39 is 5.82 Å². The summed E-state index contributed by atoms with van der Waals surface area (Å²) < 4.78 is 13.7. The average molecular weight is 315 g/mol. The van der Waals surface area contributed by atoms with Crippen LogP contribution in [0.2, 0.25) is 5.02 Å². The van der Waals surface area contributed by atoms with Crippen LogP contribution >= 0.6 is 11.6 Å². The average Bonchev–Trinajstić information content (AvgIpc) is 2.49. The van der Waals surface area contributed by atoms with E-state index >= 15 is 0 Å². The minimum absolute atomic E-state index is 0.0181. The number of piperazine rings is 1. The fourth-order valence-electron chi connectivity index (χ4n) is 2.39. The van der Waals surface area contributed by atoms with Crippen LogP contribution in [0.1, 0.15) is 23.7 Å². The highest BCUT2D eigenvalue weighted by Crippen LogP contribution is 2.17. The summed E-state index contributed by atoms with van der Waals surface area (Å²) in [6.45, 7) is 4.98. The molecule has 0 bridgehead atoms. The normalized spacial score (nSPS) is 17.8. The first-order valence-corrected chi connectivity index (χ1v) is 7.53. The second kappa shape index (κ2) is 7.20. The van der Waals surface area contributed by atoms with Gasteiger partial charge >= 0.3 is 0 Å². The van der Waals surface area contributed by atoms with Gasteiger partial charge < -0.3 is 10.0 Å². The van der Waals surface area contributed by atoms with Crippen molar-refractivity contribution >= 4 is 17.5 Å². The van der Waals surface area contributed by atoms with E-state index in [2.05, 4.69) is 4.90 Å². The molecule has 0 spiro atoms. The van der Waals surface area contributed by atoms with Gasteiger partial charge in [-0.3, -0.25) is 9.69 Å². The monoisotopic (exact) mass is 314 g/mol. The first kappa shape index (κ1) is 16.2. The molecule has 4 nitrogen and oxygen atoms in total. The van der Waals surface area contributed by atoms with Gasteiger partial charge in [0.05, 0.1) is 11.7 Å². The molecule has 1 aliphatic rings. The maximum absolute atomic E-state index is 13.7. The second-order valence-electron chi connectivity index (χ2n) is 5.28. The van der Waals surface area contributed by atoms with Crippen molar-refractivity contribution in [1.82, 2.24) is 9.80 Å². The molecule has 1 heterocycles. The van der Waals surface area contributed by atoms with Crippen molar-refractivity contribution in [2.45, 2.75) is 19.4 Å². The maximum atomic E-state index is 13.7. The molecule has 1 unspecified atom stereocenters. The molecule has 1 aromatic carbocycles. The number of aliphatic hydroxyl groups is 1. The molecule has 116 valence electrons. The highest BCUT2D eigenvalue weighted by atomic mass is 35.5. The molecule has 1 N–H and O–H groups in total. The molecule has 0 aromatic heterocycles. The summed E-state index contributed by atoms with van der Waals surface area (Å²) in [5.41, 5.74) is 0.0181. The van der Waals surface area contributed by atoms with Crippen LogP contribution in [0.25, 0.3) is 0 Å². The zero-order valence-corrected chi connectivity index (χ0v) is 12.8. The highest BCUT2D eigenvalue weighted by molar-refractivity contribution is 6.31. The lowest BCUT2D eigenvalue weighted by molar-refractivity contribution is 0.0520. The number of nitrogens with zero attached hydrogens (tertiary/aromatic N) is 2. The third-order valence-electron chi connectivity index (χ3n) is 3.76. The summed E-state index contributed by atoms with van der Waals surface area (Å²) in [4.78, 5) is 16.1. The van der Waals surface area contributed by atoms with Crippen LogP contribution in [-0.2, 0) is 0 Å². The number of halogens is 2. The van der Waals surface area contributed by atoms with E-state index in [0.717, 1.165) is 0 Å². The van der Waals surface area contributed by atoms with Crippen molar-refractivity contribution in [2.24, 2.45) is 0 Å². The van der Waals surface area contributed by atoms with Crippen LogP contribution in [0.5, 0.6) is 0 Å². The van der Waals surface area contributed by atoms with Crippen LogP contribution in [0.3, 0.4) is 0 Å². The summed E-state index contributed by atoms with van der Waals surface area (Å²) in [6, 6.07) is 4.01. The van der Waals surface area contributed by atoms with E-state index in [1.807, 2.05) is 6.92 Å². The molecule has 2 rings (SSSR count). The number of β-amino-alcohol motifs (C(OH)–C–C–N with tert-alkyl or cyclic N) is 1. The largest absolute Gasteiger partial charge is 0.392 e. The zero-order valence-electron chi connectivity index (χ0n) is 12.1. The predicted molar refractivity (Wildman–Crippen MR) is 80.1 cm³/mol. The summed E-state index contributed by atoms with van der Waals surface area (Å²) in [7, 11) is 0. The van der Waals surface area contributed by atoms with Crippen molar-refractivity contribution < 1.29 is 14.3 Å². The lowest BCUT2D eigenvalue weighted by atomic mass is 10.1. The molecule has 0 aliphatic carbocycles. The molecule has 1 aromatic rings. The van der Waals surface area contributed by atoms with E-state index in [-0.39, 0.29) is 17.6 Å². The van der Waals surface area contributed by atoms with Gasteiger partial charge in [0.15, 0.2) is 0 Å². The minimum atomic E-state index is -0.548. The SMILES string of the molecule is CCC(O)CN1CCN(C(=O)c2cc(Cl)ccc2F)CC1. The van der Waals surface area contributed by atoms with Gasteiger partial charge in [-0.25, -0.2) is 4.39 Å². The Hall–Kier alpha value is -1.17. The Morgan fingerprint density at radius 1 is 1.38 bits per heavy atom. The topological polar surface area (TPSA) is 43.8 Å². The van der Waals surface area contributed by atoms with Crippen molar-refractivity contribution in [1.29, 1.82) is 0 Å². The standard InChI is InChI=1S/C15H20ClFN2O2/c1-2-12(20)10-18-5-7-19(8-6-18)15(21)13-9-11(16)3-4-14(13)17/h3-4,9,12,20H,2,5-8,10H2,1H3. The highest BCUT2D eigenvalue weighted by Gasteiger charge is 2.24. The Morgan fingerprint density at radius 2 is 2.05 bits per heavy atom. The minimum Gasteiger partial charge on any atom is -0.392 e. The Morgan fingerprint density at radius 3 is 2.67 bits per heavy atom. The number of hydrogen-bond donors (Lipinski definition) is 1. The number of benzene rings is 1. The predicted octanol–water partition coefficient (Wildman–Crippen LogP) is 2.01. The van der Waals surface area contributed by atoms with Crippen molar-refractivity contribution in [3.8, 4) is 0 Å². The van der Waals surface area contributed by atoms with Crippen LogP contribution in [0.4, 0.5) is 4.39 Å². The summed E-state index contributed by atoms with van der Waals surface area (Å²) in [5.74, 6) is -0.876. The van der Waals surface area contributed by atoms with Crippen molar-refractivity contribution in [3.05, 3.63) is 34.6 Å². The third kappa shape index (κ3) is 4.15. The lowest BCUT2D eigenvalue weighted by Gasteiger charge is -2.35. The van der Waals surface area contributed by atoms with Crippen molar-refractivity contribution in [3.63, 3.8) is 0 Å². The Bertz CT molecular complexity index is 504. The number of aliphatic hydroxyl groups excluding tert-OH is 1. The number of carbonyl (C=O) groups excluding carboxylic acids is 1. The molecule has 1 saturated heterocycles. The second-order valence-corrected chi connectivity index (χ2v) is 5.72. The Labute approximate surface area is 129 Å². The molecular weight excluding hydrogens is 295 g/mol. The van der Waals surface area contributed by atoms with Crippen molar-refractivity contribution in [2.75, 3.05) is 32.7 Å². The lowest BCUT2D eigenvalue weighted by Crippen LogP contribution is -2.50. The molecule has 0 saturated carbocycles. The molecule has 0 radical (unpaired) electrons. The van der Waals surface area contributed by atoms with Gasteiger partial charge in [0.25, 0.3) is 5.91 Å². The van der Waals surface area contributed by atoms with E-state index in [4.69, 9.17) is 11.6 Å². The quantitative estimate of drug-likeness (QED) is 0.924. The summed E-state index contributed by atoms with van der Waals surface area (Å²) in [6.07, 6.45) is 0.380. The van der Waals surface area contributed by atoms with Gasteiger partial charge in [0.1, 0.15) is 5.82 Å². The van der Waals surface area contributed by atoms with Gasteiger partial charge in [-0.05, 0) is 24.6 Å². The van der Waals surface area contributed by atoms with Crippen LogP contribution in [-0.4, -0.2) is 59.6 Å². The van der Waals surface area contributed by atoms with Gasteiger partial charge in [-0.2, -0.15) is 0 Å². The number of rotatable bonds is 4. The Kier molecular flexibility index (Phi) is 5.56. The Balaban J connectivity index is 1.95. The van der Waals surface area contributed by atoms with Gasteiger partial charge in [-0.15, -0.1) is 0 Å². The van der Waals surface area contributed by atoms with Gasteiger partial charge in [0, 0.05) is 37.7 Å². The maximum Gasteiger partial charge on any atom is 0.256 e. The summed E-state index contributed by atoms with van der Waals surface area (Å²) in [5, 5.41) is 10.00. The molecular formula is C15H20ClFN2O2. The fourth-order valence-corrected chi connectivity index (χ4v) is 2.56. The first-order valence-electron chi connectivity index (χ1n) is 7.16. The zero-order chi connectivity index (χ0) is 15.4. The molecule has 1 atom stereocenters. The third-order valence-corrected chi connectivity index (χ3v) is 3.99. The number of hydrogen-bond acceptors (Lipinski definition) is 3. The molecule has 6 heteroatoms. The van der Waals surface area contributed by atoms with E-state index in [1.165, 1.54) is 18.2 Å². The molecule has 21 heavy (non-hydrogen) atoms. The fraction of sp³-hybridized carbons (Fsp3) is 0.533. The van der Waals surface area contributed by atoms with Crippen LogP contribution in [0.15, 0.2) is 18.2 Å². The first-order chi connectivity index (χ1) is 10.0. The number of carbonyl (C=O) groups is 1. The van der Waals surface area contributed by atoms with Crippen LogP contribution in [0, 0.1) is 5.82 Å². The molecule has 1 aliphatic heterocycles. The van der Waals surface area contributed by atoms with Crippen LogP contribution < -0.4 is 0 Å². The molecule has 1 fully saturated rings. The summed E-state index contributed by atoms with van der Waals surface area (Å²) >= 11 is 5.82. The molecule has 1 amide bonds.